The summed E-state index contributed by atoms with van der Waals surface area (Å²) in [5.41, 5.74) is 0.983. The Morgan fingerprint density at radius 2 is 1.65 bits per heavy atom. The van der Waals surface area contributed by atoms with Crippen LogP contribution in [-0.2, 0) is 4.79 Å². The molecule has 2 aromatic rings. The molecule has 1 unspecified atom stereocenters. The highest BCUT2D eigenvalue weighted by molar-refractivity contribution is 6.36. The fraction of sp³-hybridized carbons (Fsp3) is 0.375. The van der Waals surface area contributed by atoms with Crippen molar-refractivity contribution < 1.29 is 14.4 Å². The van der Waals surface area contributed by atoms with Gasteiger partial charge in [0.1, 0.15) is 6.04 Å². The Balaban J connectivity index is 1.63. The summed E-state index contributed by atoms with van der Waals surface area (Å²) in [6, 6.07) is 13.2. The van der Waals surface area contributed by atoms with Gasteiger partial charge in [0.15, 0.2) is 5.78 Å². The number of rotatable bonds is 6. The highest BCUT2D eigenvalue weighted by Gasteiger charge is 2.33. The van der Waals surface area contributed by atoms with Gasteiger partial charge in [-0.05, 0) is 37.0 Å². The Morgan fingerprint density at radius 3 is 2.23 bits per heavy atom. The summed E-state index contributed by atoms with van der Waals surface area (Å²) in [5, 5.41) is 3.50. The van der Waals surface area contributed by atoms with Crippen molar-refractivity contribution in [3.05, 3.63) is 69.7 Å². The maximum absolute atomic E-state index is 13.2. The molecule has 1 heterocycles. The number of piperidine rings is 1. The van der Waals surface area contributed by atoms with Crippen LogP contribution in [0.1, 0.15) is 47.4 Å². The molecule has 0 aromatic heterocycles. The first-order valence-electron chi connectivity index (χ1n) is 10.4. The van der Waals surface area contributed by atoms with Gasteiger partial charge in [0, 0.05) is 29.6 Å². The lowest BCUT2D eigenvalue weighted by Crippen LogP contribution is -2.53. The van der Waals surface area contributed by atoms with Gasteiger partial charge in [-0.2, -0.15) is 0 Å². The minimum absolute atomic E-state index is 0.0913. The number of ketones is 1. The maximum atomic E-state index is 13.2. The second-order valence-electron chi connectivity index (χ2n) is 8.15. The number of likely N-dealkylation sites (tertiary alicyclic amines) is 1. The van der Waals surface area contributed by atoms with E-state index in [0.29, 0.717) is 36.5 Å². The maximum Gasteiger partial charge on any atom is 0.253 e. The zero-order chi connectivity index (χ0) is 22.5. The van der Waals surface area contributed by atoms with E-state index in [2.05, 4.69) is 5.32 Å². The van der Waals surface area contributed by atoms with E-state index >= 15 is 0 Å². The van der Waals surface area contributed by atoms with Gasteiger partial charge in [0.25, 0.3) is 5.91 Å². The summed E-state index contributed by atoms with van der Waals surface area (Å²) >= 11 is 12.0. The summed E-state index contributed by atoms with van der Waals surface area (Å²) in [6.07, 6.45) is 1.22. The highest BCUT2D eigenvalue weighted by atomic mass is 35.5. The standard InChI is InChI=1S/C24H26Cl2N2O3/c1-15(2)21(27-23(30)19-9-8-18(25)14-20(19)26)24(31)28-12-10-17(11-13-28)22(29)16-6-4-3-5-7-16/h3-9,14-15,17,21H,10-13H2,1-2H3,(H,27,30). The molecule has 1 saturated heterocycles. The van der Waals surface area contributed by atoms with E-state index in [1.165, 1.54) is 6.07 Å². The van der Waals surface area contributed by atoms with Crippen LogP contribution in [0.4, 0.5) is 0 Å². The number of hydrogen-bond acceptors (Lipinski definition) is 3. The molecule has 0 saturated carbocycles. The van der Waals surface area contributed by atoms with Crippen LogP contribution < -0.4 is 5.32 Å². The first-order valence-corrected chi connectivity index (χ1v) is 11.2. The van der Waals surface area contributed by atoms with Crippen molar-refractivity contribution >= 4 is 40.8 Å². The molecule has 0 aliphatic carbocycles. The molecule has 5 nitrogen and oxygen atoms in total. The quantitative estimate of drug-likeness (QED) is 0.625. The largest absolute Gasteiger partial charge is 0.341 e. The van der Waals surface area contributed by atoms with Gasteiger partial charge in [-0.25, -0.2) is 0 Å². The number of nitrogens with one attached hydrogen (secondary N) is 1. The molecule has 0 bridgehead atoms. The number of Topliss-reactive ketones (excluding diaryl/α,β-unsaturated/α-hetero) is 1. The molecule has 1 aliphatic rings. The molecule has 3 rings (SSSR count). The van der Waals surface area contributed by atoms with E-state index in [9.17, 15) is 14.4 Å². The zero-order valence-electron chi connectivity index (χ0n) is 17.6. The normalized spacial score (nSPS) is 15.6. The summed E-state index contributed by atoms with van der Waals surface area (Å²) in [4.78, 5) is 40.3. The minimum atomic E-state index is -0.680. The summed E-state index contributed by atoms with van der Waals surface area (Å²) in [5.74, 6) is -0.627. The van der Waals surface area contributed by atoms with E-state index < -0.39 is 11.9 Å². The summed E-state index contributed by atoms with van der Waals surface area (Å²) in [6.45, 7) is 4.75. The monoisotopic (exact) mass is 460 g/mol. The molecule has 1 N–H and O–H groups in total. The number of halogens is 2. The van der Waals surface area contributed by atoms with Gasteiger partial charge in [-0.15, -0.1) is 0 Å². The molecule has 2 aromatic carbocycles. The van der Waals surface area contributed by atoms with Crippen LogP contribution in [0.25, 0.3) is 0 Å². The van der Waals surface area contributed by atoms with Crippen LogP contribution in [-0.4, -0.2) is 41.6 Å². The van der Waals surface area contributed by atoms with Gasteiger partial charge < -0.3 is 10.2 Å². The molecule has 1 aliphatic heterocycles. The third-order valence-corrected chi connectivity index (χ3v) is 6.18. The van der Waals surface area contributed by atoms with Crippen LogP contribution in [0.15, 0.2) is 48.5 Å². The van der Waals surface area contributed by atoms with E-state index in [1.807, 2.05) is 44.2 Å². The number of carbonyl (C=O) groups excluding carboxylic acids is 3. The predicted molar refractivity (Wildman–Crippen MR) is 123 cm³/mol. The van der Waals surface area contributed by atoms with E-state index in [4.69, 9.17) is 23.2 Å². The van der Waals surface area contributed by atoms with E-state index in [1.54, 1.807) is 17.0 Å². The second kappa shape index (κ2) is 10.3. The SMILES string of the molecule is CC(C)C(NC(=O)c1ccc(Cl)cc1Cl)C(=O)N1CCC(C(=O)c2ccccc2)CC1. The average molecular weight is 461 g/mol. The minimum Gasteiger partial charge on any atom is -0.341 e. The highest BCUT2D eigenvalue weighted by Crippen LogP contribution is 2.24. The number of carbonyl (C=O) groups is 3. The lowest BCUT2D eigenvalue weighted by Gasteiger charge is -2.35. The van der Waals surface area contributed by atoms with Crippen molar-refractivity contribution in [2.75, 3.05) is 13.1 Å². The van der Waals surface area contributed by atoms with Crippen molar-refractivity contribution in [3.8, 4) is 0 Å². The van der Waals surface area contributed by atoms with Crippen LogP contribution in [0, 0.1) is 11.8 Å². The fourth-order valence-electron chi connectivity index (χ4n) is 3.80. The van der Waals surface area contributed by atoms with Crippen LogP contribution >= 0.6 is 23.2 Å². The Morgan fingerprint density at radius 1 is 1.00 bits per heavy atom. The van der Waals surface area contributed by atoms with Gasteiger partial charge >= 0.3 is 0 Å². The van der Waals surface area contributed by atoms with Crippen LogP contribution in [0.3, 0.4) is 0 Å². The average Bonchev–Trinajstić information content (AvgIpc) is 2.77. The molecule has 0 radical (unpaired) electrons. The molecule has 1 atom stereocenters. The molecular weight excluding hydrogens is 435 g/mol. The summed E-state index contributed by atoms with van der Waals surface area (Å²) in [7, 11) is 0. The van der Waals surface area contributed by atoms with Gasteiger partial charge in [-0.1, -0.05) is 67.4 Å². The Bertz CT molecular complexity index is 955. The predicted octanol–water partition coefficient (Wildman–Crippen LogP) is 4.87. The van der Waals surface area contributed by atoms with Gasteiger partial charge in [0.05, 0.1) is 10.6 Å². The van der Waals surface area contributed by atoms with Crippen molar-refractivity contribution in [3.63, 3.8) is 0 Å². The molecule has 0 spiro atoms. The molecule has 2 amide bonds. The van der Waals surface area contributed by atoms with Crippen molar-refractivity contribution in [2.24, 2.45) is 11.8 Å². The molecule has 1 fully saturated rings. The topological polar surface area (TPSA) is 66.5 Å². The zero-order valence-corrected chi connectivity index (χ0v) is 19.1. The molecule has 31 heavy (non-hydrogen) atoms. The number of hydrogen-bond donors (Lipinski definition) is 1. The number of nitrogens with zero attached hydrogens (tertiary/aromatic N) is 1. The van der Waals surface area contributed by atoms with Crippen LogP contribution in [0.5, 0.6) is 0 Å². The molecule has 7 heteroatoms. The van der Waals surface area contributed by atoms with E-state index in [0.717, 1.165) is 0 Å². The smallest absolute Gasteiger partial charge is 0.253 e. The third kappa shape index (κ3) is 5.66. The number of benzene rings is 2. The summed E-state index contributed by atoms with van der Waals surface area (Å²) < 4.78 is 0. The van der Waals surface area contributed by atoms with Gasteiger partial charge in [-0.3, -0.25) is 14.4 Å². The Labute approximate surface area is 192 Å². The lowest BCUT2D eigenvalue weighted by molar-refractivity contribution is -0.135. The second-order valence-corrected chi connectivity index (χ2v) is 8.99. The van der Waals surface area contributed by atoms with E-state index in [-0.39, 0.29) is 34.1 Å². The Hall–Kier alpha value is -2.37. The fourth-order valence-corrected chi connectivity index (χ4v) is 4.30. The number of amides is 2. The van der Waals surface area contributed by atoms with Crippen molar-refractivity contribution in [1.82, 2.24) is 10.2 Å². The molecular formula is C24H26Cl2N2O3. The van der Waals surface area contributed by atoms with Crippen molar-refractivity contribution in [1.29, 1.82) is 0 Å². The lowest BCUT2D eigenvalue weighted by atomic mass is 9.88. The Kier molecular flexibility index (Phi) is 7.74. The van der Waals surface area contributed by atoms with Crippen molar-refractivity contribution in [2.45, 2.75) is 32.7 Å². The first-order chi connectivity index (χ1) is 14.8. The molecule has 164 valence electrons. The first kappa shape index (κ1) is 23.3. The van der Waals surface area contributed by atoms with Crippen LogP contribution in [0.2, 0.25) is 10.0 Å². The third-order valence-electron chi connectivity index (χ3n) is 5.63. The van der Waals surface area contributed by atoms with Gasteiger partial charge in [0.2, 0.25) is 5.91 Å².